The van der Waals surface area contributed by atoms with Crippen molar-refractivity contribution in [2.45, 2.75) is 26.7 Å². The van der Waals surface area contributed by atoms with E-state index in [1.54, 1.807) is 0 Å². The molecule has 3 nitrogen and oxygen atoms in total. The van der Waals surface area contributed by atoms with E-state index in [4.69, 9.17) is 11.6 Å². The van der Waals surface area contributed by atoms with Crippen molar-refractivity contribution in [2.24, 2.45) is 5.92 Å². The molecule has 0 aromatic heterocycles. The Morgan fingerprint density at radius 1 is 1.40 bits per heavy atom. The quantitative estimate of drug-likeness (QED) is 0.925. The zero-order valence-corrected chi connectivity index (χ0v) is 13.0. The fourth-order valence-electron chi connectivity index (χ4n) is 2.71. The van der Waals surface area contributed by atoms with E-state index in [2.05, 4.69) is 5.32 Å². The molecule has 0 saturated carbocycles. The van der Waals surface area contributed by atoms with E-state index in [1.165, 1.54) is 0 Å². The van der Waals surface area contributed by atoms with Crippen LogP contribution in [0.25, 0.3) is 0 Å². The summed E-state index contributed by atoms with van der Waals surface area (Å²) in [7, 11) is 0. The molecule has 1 heterocycles. The monoisotopic (exact) mass is 294 g/mol. The lowest BCUT2D eigenvalue weighted by atomic mass is 9.97. The third kappa shape index (κ3) is 3.53. The van der Waals surface area contributed by atoms with Gasteiger partial charge in [0, 0.05) is 13.1 Å². The summed E-state index contributed by atoms with van der Waals surface area (Å²) >= 11 is 6.27. The zero-order valence-electron chi connectivity index (χ0n) is 12.3. The van der Waals surface area contributed by atoms with Crippen LogP contribution in [-0.4, -0.2) is 37.0 Å². The van der Waals surface area contributed by atoms with Crippen molar-refractivity contribution < 1.29 is 4.79 Å². The molecule has 1 aromatic carbocycles. The Balaban J connectivity index is 2.10. The first kappa shape index (κ1) is 15.3. The molecule has 1 fully saturated rings. The van der Waals surface area contributed by atoms with E-state index in [9.17, 15) is 4.79 Å². The van der Waals surface area contributed by atoms with Crippen molar-refractivity contribution in [1.82, 2.24) is 10.2 Å². The third-order valence-corrected chi connectivity index (χ3v) is 4.53. The van der Waals surface area contributed by atoms with Crippen LogP contribution in [0, 0.1) is 12.8 Å². The Morgan fingerprint density at radius 3 is 2.75 bits per heavy atom. The number of hydrogen-bond acceptors (Lipinski definition) is 2. The molecule has 1 aromatic rings. The van der Waals surface area contributed by atoms with E-state index in [-0.39, 0.29) is 5.91 Å². The van der Waals surface area contributed by atoms with Crippen LogP contribution in [0.5, 0.6) is 0 Å². The molecule has 0 unspecified atom stereocenters. The molecule has 1 aliphatic heterocycles. The highest BCUT2D eigenvalue weighted by Crippen LogP contribution is 2.23. The van der Waals surface area contributed by atoms with Gasteiger partial charge in [-0.2, -0.15) is 0 Å². The zero-order chi connectivity index (χ0) is 14.5. The molecule has 20 heavy (non-hydrogen) atoms. The summed E-state index contributed by atoms with van der Waals surface area (Å²) in [6, 6.07) is 5.65. The minimum absolute atomic E-state index is 0.0553. The van der Waals surface area contributed by atoms with Crippen LogP contribution in [0.15, 0.2) is 18.2 Å². The highest BCUT2D eigenvalue weighted by atomic mass is 35.5. The van der Waals surface area contributed by atoms with Crippen LogP contribution in [0.1, 0.15) is 35.7 Å². The third-order valence-electron chi connectivity index (χ3n) is 4.03. The number of rotatable bonds is 4. The summed E-state index contributed by atoms with van der Waals surface area (Å²) < 4.78 is 0. The molecular formula is C16H23ClN2O. The molecule has 4 heteroatoms. The lowest BCUT2D eigenvalue weighted by Gasteiger charge is -2.29. The van der Waals surface area contributed by atoms with Gasteiger partial charge in [-0.05, 0) is 57.3 Å². The number of nitrogens with zero attached hydrogens (tertiary/aromatic N) is 1. The van der Waals surface area contributed by atoms with Crippen molar-refractivity contribution in [1.29, 1.82) is 0 Å². The van der Waals surface area contributed by atoms with Crippen molar-refractivity contribution in [3.63, 3.8) is 0 Å². The molecule has 1 N–H and O–H groups in total. The van der Waals surface area contributed by atoms with Crippen LogP contribution < -0.4 is 5.32 Å². The second-order valence-electron chi connectivity index (χ2n) is 5.47. The summed E-state index contributed by atoms with van der Waals surface area (Å²) in [4.78, 5) is 14.6. The topological polar surface area (TPSA) is 32.3 Å². The second kappa shape index (κ2) is 7.09. The molecule has 1 amide bonds. The maximum Gasteiger partial charge on any atom is 0.255 e. The van der Waals surface area contributed by atoms with Gasteiger partial charge in [0.25, 0.3) is 5.91 Å². The summed E-state index contributed by atoms with van der Waals surface area (Å²) in [5, 5.41) is 3.94. The Labute approximate surface area is 126 Å². The molecule has 0 bridgehead atoms. The van der Waals surface area contributed by atoms with Gasteiger partial charge in [0.05, 0.1) is 10.6 Å². The summed E-state index contributed by atoms with van der Waals surface area (Å²) in [5.41, 5.74) is 1.58. The van der Waals surface area contributed by atoms with Gasteiger partial charge in [-0.3, -0.25) is 4.79 Å². The number of benzene rings is 1. The Morgan fingerprint density at radius 2 is 2.10 bits per heavy atom. The second-order valence-corrected chi connectivity index (χ2v) is 5.85. The first-order chi connectivity index (χ1) is 9.63. The number of carbonyl (C=O) groups excluding carboxylic acids is 1. The van der Waals surface area contributed by atoms with Gasteiger partial charge in [-0.25, -0.2) is 0 Å². The van der Waals surface area contributed by atoms with Crippen molar-refractivity contribution in [3.8, 4) is 0 Å². The summed E-state index contributed by atoms with van der Waals surface area (Å²) in [6.45, 7) is 7.64. The lowest BCUT2D eigenvalue weighted by molar-refractivity contribution is 0.0727. The molecule has 110 valence electrons. The molecule has 0 aliphatic carbocycles. The SMILES string of the molecule is CCN(CC1CCNCC1)C(=O)c1cccc(C)c1Cl. The van der Waals surface area contributed by atoms with E-state index in [0.29, 0.717) is 16.5 Å². The fraction of sp³-hybridized carbons (Fsp3) is 0.562. The number of hydrogen-bond donors (Lipinski definition) is 1. The van der Waals surface area contributed by atoms with Crippen LogP contribution in [0.2, 0.25) is 5.02 Å². The maximum absolute atomic E-state index is 12.6. The van der Waals surface area contributed by atoms with Gasteiger partial charge >= 0.3 is 0 Å². The molecular weight excluding hydrogens is 272 g/mol. The smallest absolute Gasteiger partial charge is 0.255 e. The number of piperidine rings is 1. The largest absolute Gasteiger partial charge is 0.339 e. The standard InChI is InChI=1S/C16H23ClN2O/c1-3-19(11-13-7-9-18-10-8-13)16(20)14-6-4-5-12(2)15(14)17/h4-6,13,18H,3,7-11H2,1-2H3. The number of aryl methyl sites for hydroxylation is 1. The van der Waals surface area contributed by atoms with Gasteiger partial charge in [-0.1, -0.05) is 23.7 Å². The van der Waals surface area contributed by atoms with E-state index in [0.717, 1.165) is 44.6 Å². The Hall–Kier alpha value is -1.06. The highest BCUT2D eigenvalue weighted by molar-refractivity contribution is 6.34. The van der Waals surface area contributed by atoms with Gasteiger partial charge in [-0.15, -0.1) is 0 Å². The van der Waals surface area contributed by atoms with Crippen molar-refractivity contribution in [3.05, 3.63) is 34.3 Å². The Kier molecular flexibility index (Phi) is 5.44. The molecule has 0 atom stereocenters. The number of nitrogens with one attached hydrogen (secondary N) is 1. The normalized spacial score (nSPS) is 16.1. The van der Waals surface area contributed by atoms with Gasteiger partial charge in [0.15, 0.2) is 0 Å². The first-order valence-corrected chi connectivity index (χ1v) is 7.76. The molecule has 0 spiro atoms. The minimum Gasteiger partial charge on any atom is -0.339 e. The molecule has 2 rings (SSSR count). The average molecular weight is 295 g/mol. The molecule has 0 radical (unpaired) electrons. The molecule has 1 aliphatic rings. The summed E-state index contributed by atoms with van der Waals surface area (Å²) in [5.74, 6) is 0.656. The van der Waals surface area contributed by atoms with Crippen LogP contribution >= 0.6 is 11.6 Å². The van der Waals surface area contributed by atoms with Gasteiger partial charge in [0.1, 0.15) is 0 Å². The van der Waals surface area contributed by atoms with Gasteiger partial charge in [0.2, 0.25) is 0 Å². The predicted molar refractivity (Wildman–Crippen MR) is 83.4 cm³/mol. The van der Waals surface area contributed by atoms with Gasteiger partial charge < -0.3 is 10.2 Å². The fourth-order valence-corrected chi connectivity index (χ4v) is 2.92. The van der Waals surface area contributed by atoms with E-state index >= 15 is 0 Å². The number of halogens is 1. The lowest BCUT2D eigenvalue weighted by Crippen LogP contribution is -2.39. The summed E-state index contributed by atoms with van der Waals surface area (Å²) in [6.07, 6.45) is 2.29. The average Bonchev–Trinajstić information content (AvgIpc) is 2.48. The minimum atomic E-state index is 0.0553. The van der Waals surface area contributed by atoms with Crippen LogP contribution in [0.4, 0.5) is 0 Å². The van der Waals surface area contributed by atoms with Crippen LogP contribution in [0.3, 0.4) is 0 Å². The van der Waals surface area contributed by atoms with Crippen molar-refractivity contribution in [2.75, 3.05) is 26.2 Å². The van der Waals surface area contributed by atoms with E-state index < -0.39 is 0 Å². The highest BCUT2D eigenvalue weighted by Gasteiger charge is 2.22. The van der Waals surface area contributed by atoms with E-state index in [1.807, 2.05) is 36.9 Å². The maximum atomic E-state index is 12.6. The van der Waals surface area contributed by atoms with Crippen LogP contribution in [-0.2, 0) is 0 Å². The predicted octanol–water partition coefficient (Wildman–Crippen LogP) is 3.11. The number of carbonyl (C=O) groups is 1. The van der Waals surface area contributed by atoms with Crippen molar-refractivity contribution >= 4 is 17.5 Å². The number of amides is 1. The Bertz CT molecular complexity index is 470. The molecule has 1 saturated heterocycles. The first-order valence-electron chi connectivity index (χ1n) is 7.38.